The average Bonchev–Trinajstić information content (AvgIpc) is 2.57. The van der Waals surface area contributed by atoms with Crippen LogP contribution in [0.15, 0.2) is 64.1 Å². The van der Waals surface area contributed by atoms with Crippen molar-refractivity contribution < 1.29 is 8.42 Å². The fraction of sp³-hybridized carbons (Fsp3) is 0.167. The molecule has 0 spiro atoms. The van der Waals surface area contributed by atoms with Crippen LogP contribution in [0.3, 0.4) is 0 Å². The summed E-state index contributed by atoms with van der Waals surface area (Å²) in [6.07, 6.45) is 3.08. The third-order valence-electron chi connectivity index (χ3n) is 3.92. The highest BCUT2D eigenvalue weighted by atomic mass is 35.5. The Morgan fingerprint density at radius 2 is 1.79 bits per heavy atom. The molecule has 2 aromatic rings. The minimum Gasteiger partial charge on any atom is -0.200 e. The molecule has 1 aliphatic carbocycles. The van der Waals surface area contributed by atoms with E-state index in [0.29, 0.717) is 5.03 Å². The Kier molecular flexibility index (Phi) is 4.73. The normalized spacial score (nSPS) is 14.8. The molecule has 0 amide bonds. The molecule has 3 rings (SSSR count). The lowest BCUT2D eigenvalue weighted by Crippen LogP contribution is -2.18. The first-order chi connectivity index (χ1) is 11.5. The van der Waals surface area contributed by atoms with E-state index in [1.165, 1.54) is 11.8 Å². The molecular weight excluding hydrogens is 344 g/mol. The zero-order valence-corrected chi connectivity index (χ0v) is 14.7. The zero-order chi connectivity index (χ0) is 17.2. The van der Waals surface area contributed by atoms with E-state index in [1.807, 2.05) is 31.2 Å². The van der Waals surface area contributed by atoms with Crippen LogP contribution in [0.4, 0.5) is 0 Å². The van der Waals surface area contributed by atoms with E-state index in [0.717, 1.165) is 29.5 Å². The van der Waals surface area contributed by atoms with Gasteiger partial charge in [0.15, 0.2) is 0 Å². The Balaban J connectivity index is 1.78. The van der Waals surface area contributed by atoms with Gasteiger partial charge in [0.1, 0.15) is 0 Å². The Bertz CT molecular complexity index is 916. The van der Waals surface area contributed by atoms with Crippen molar-refractivity contribution in [2.75, 3.05) is 0 Å². The SMILES string of the molecule is Cc1ccc(S(=O)(=O)N/N=C/C2=C(Cl)c3ccccc3CC2)cc1. The summed E-state index contributed by atoms with van der Waals surface area (Å²) in [5.41, 5.74) is 3.99. The molecule has 0 aliphatic heterocycles. The van der Waals surface area contributed by atoms with Gasteiger partial charge in [0.2, 0.25) is 0 Å². The molecule has 1 aliphatic rings. The molecular formula is C18H17ClN2O2S. The summed E-state index contributed by atoms with van der Waals surface area (Å²) in [5.74, 6) is 0. The van der Waals surface area contributed by atoms with Gasteiger partial charge in [-0.15, -0.1) is 0 Å². The highest BCUT2D eigenvalue weighted by Gasteiger charge is 2.16. The van der Waals surface area contributed by atoms with Crippen molar-refractivity contribution in [3.63, 3.8) is 0 Å². The quantitative estimate of drug-likeness (QED) is 0.665. The summed E-state index contributed by atoms with van der Waals surface area (Å²) in [4.78, 5) is 2.42. The maximum atomic E-state index is 12.2. The lowest BCUT2D eigenvalue weighted by Gasteiger charge is -2.17. The van der Waals surface area contributed by atoms with Gasteiger partial charge >= 0.3 is 0 Å². The second-order valence-corrected chi connectivity index (χ2v) is 7.70. The number of halogens is 1. The first kappa shape index (κ1) is 16.7. The van der Waals surface area contributed by atoms with Crippen molar-refractivity contribution in [1.82, 2.24) is 4.83 Å². The number of fused-ring (bicyclic) bond motifs is 1. The standard InChI is InChI=1S/C18H17ClN2O2S/c1-13-6-10-16(11-7-13)24(22,23)21-20-12-15-9-8-14-4-2-3-5-17(14)18(15)19/h2-7,10-12,21H,8-9H2,1H3/b20-12+. The number of hydrogen-bond acceptors (Lipinski definition) is 3. The molecule has 24 heavy (non-hydrogen) atoms. The molecule has 0 saturated heterocycles. The van der Waals surface area contributed by atoms with Crippen LogP contribution >= 0.6 is 11.6 Å². The topological polar surface area (TPSA) is 58.5 Å². The lowest BCUT2D eigenvalue weighted by molar-refractivity contribution is 0.584. The van der Waals surface area contributed by atoms with Crippen molar-refractivity contribution >= 4 is 32.9 Å². The molecule has 0 bridgehead atoms. The summed E-state index contributed by atoms with van der Waals surface area (Å²) in [6.45, 7) is 1.90. The summed E-state index contributed by atoms with van der Waals surface area (Å²) < 4.78 is 24.4. The van der Waals surface area contributed by atoms with Crippen LogP contribution in [0.1, 0.15) is 23.1 Å². The summed E-state index contributed by atoms with van der Waals surface area (Å²) in [6, 6.07) is 14.5. The van der Waals surface area contributed by atoms with E-state index < -0.39 is 10.0 Å². The average molecular weight is 361 g/mol. The Labute approximate surface area is 146 Å². The highest BCUT2D eigenvalue weighted by Crippen LogP contribution is 2.32. The predicted octanol–water partition coefficient (Wildman–Crippen LogP) is 3.86. The number of hydrogen-bond donors (Lipinski definition) is 1. The van der Waals surface area contributed by atoms with Gasteiger partial charge in [-0.05, 0) is 48.6 Å². The molecule has 1 N–H and O–H groups in total. The molecule has 0 radical (unpaired) electrons. The molecule has 0 fully saturated rings. The molecule has 0 heterocycles. The summed E-state index contributed by atoms with van der Waals surface area (Å²) in [5, 5.41) is 4.50. The number of nitrogens with zero attached hydrogens (tertiary/aromatic N) is 1. The van der Waals surface area contributed by atoms with Crippen molar-refractivity contribution in [2.24, 2.45) is 5.10 Å². The lowest BCUT2D eigenvalue weighted by atomic mass is 9.92. The van der Waals surface area contributed by atoms with Crippen LogP contribution in [0.5, 0.6) is 0 Å². The van der Waals surface area contributed by atoms with E-state index in [2.05, 4.69) is 9.93 Å². The van der Waals surface area contributed by atoms with Crippen molar-refractivity contribution in [2.45, 2.75) is 24.7 Å². The summed E-state index contributed by atoms with van der Waals surface area (Å²) in [7, 11) is -3.67. The van der Waals surface area contributed by atoms with E-state index in [4.69, 9.17) is 11.6 Å². The fourth-order valence-electron chi connectivity index (χ4n) is 2.57. The number of allylic oxidation sites excluding steroid dienone is 1. The van der Waals surface area contributed by atoms with Crippen LogP contribution < -0.4 is 4.83 Å². The van der Waals surface area contributed by atoms with Crippen molar-refractivity contribution in [1.29, 1.82) is 0 Å². The van der Waals surface area contributed by atoms with Gasteiger partial charge in [0, 0.05) is 0 Å². The van der Waals surface area contributed by atoms with Crippen molar-refractivity contribution in [3.05, 3.63) is 70.8 Å². The monoisotopic (exact) mass is 360 g/mol. The minimum atomic E-state index is -3.67. The largest absolute Gasteiger partial charge is 0.276 e. The number of benzene rings is 2. The van der Waals surface area contributed by atoms with Gasteiger partial charge in [0.05, 0.1) is 16.1 Å². The summed E-state index contributed by atoms with van der Waals surface area (Å²) >= 11 is 6.41. The number of sulfonamides is 1. The number of aryl methyl sites for hydroxylation is 2. The fourth-order valence-corrected chi connectivity index (χ4v) is 3.69. The maximum absolute atomic E-state index is 12.2. The number of nitrogens with one attached hydrogen (secondary N) is 1. The van der Waals surface area contributed by atoms with E-state index in [9.17, 15) is 8.42 Å². The second kappa shape index (κ2) is 6.79. The van der Waals surface area contributed by atoms with Gasteiger partial charge in [-0.3, -0.25) is 0 Å². The third kappa shape index (κ3) is 3.52. The number of hydrazone groups is 1. The molecule has 0 saturated carbocycles. The molecule has 2 aromatic carbocycles. The Hall–Kier alpha value is -2.11. The van der Waals surface area contributed by atoms with Crippen LogP contribution in [-0.4, -0.2) is 14.6 Å². The molecule has 0 unspecified atom stereocenters. The van der Waals surface area contributed by atoms with Crippen LogP contribution in [0.2, 0.25) is 0 Å². The molecule has 0 aromatic heterocycles. The van der Waals surface area contributed by atoms with Crippen LogP contribution in [-0.2, 0) is 16.4 Å². The van der Waals surface area contributed by atoms with Crippen LogP contribution in [0, 0.1) is 6.92 Å². The first-order valence-electron chi connectivity index (χ1n) is 7.56. The van der Waals surface area contributed by atoms with Crippen molar-refractivity contribution in [3.8, 4) is 0 Å². The smallest absolute Gasteiger partial charge is 0.200 e. The number of rotatable bonds is 4. The predicted molar refractivity (Wildman–Crippen MR) is 97.5 cm³/mol. The van der Waals surface area contributed by atoms with Gasteiger partial charge in [0.25, 0.3) is 10.0 Å². The second-order valence-electron chi connectivity index (χ2n) is 5.66. The molecule has 124 valence electrons. The minimum absolute atomic E-state index is 0.180. The first-order valence-corrected chi connectivity index (χ1v) is 9.42. The van der Waals surface area contributed by atoms with Gasteiger partial charge in [-0.25, -0.2) is 4.83 Å². The highest BCUT2D eigenvalue weighted by molar-refractivity contribution is 7.89. The molecule has 4 nitrogen and oxygen atoms in total. The van der Waals surface area contributed by atoms with E-state index in [-0.39, 0.29) is 4.90 Å². The zero-order valence-electron chi connectivity index (χ0n) is 13.2. The molecule has 6 heteroatoms. The Morgan fingerprint density at radius 1 is 1.08 bits per heavy atom. The van der Waals surface area contributed by atoms with Gasteiger partial charge < -0.3 is 0 Å². The van der Waals surface area contributed by atoms with E-state index in [1.54, 1.807) is 24.3 Å². The third-order valence-corrected chi connectivity index (χ3v) is 5.61. The Morgan fingerprint density at radius 3 is 2.54 bits per heavy atom. The van der Waals surface area contributed by atoms with E-state index >= 15 is 0 Å². The van der Waals surface area contributed by atoms with Crippen LogP contribution in [0.25, 0.3) is 5.03 Å². The molecule has 0 atom stereocenters. The van der Waals surface area contributed by atoms with Gasteiger partial charge in [-0.2, -0.15) is 13.5 Å². The maximum Gasteiger partial charge on any atom is 0.276 e. The van der Waals surface area contributed by atoms with Gasteiger partial charge in [-0.1, -0.05) is 53.6 Å².